The Morgan fingerprint density at radius 3 is 2.28 bits per heavy atom. The Balaban J connectivity index is 1.27. The zero-order valence-corrected chi connectivity index (χ0v) is 32.6. The maximum absolute atomic E-state index is 14.6. The third kappa shape index (κ3) is 10.9. The first-order valence-electron chi connectivity index (χ1n) is 19.6. The molecule has 0 saturated carbocycles. The fourth-order valence-electron chi connectivity index (χ4n) is 7.24. The van der Waals surface area contributed by atoms with Crippen LogP contribution in [0.1, 0.15) is 41.8 Å². The minimum Gasteiger partial charge on any atom is -0.484 e. The molecule has 4 heterocycles. The van der Waals surface area contributed by atoms with Gasteiger partial charge in [0.15, 0.2) is 6.61 Å². The number of anilines is 1. The number of hydrogen-bond acceptors (Lipinski definition) is 10. The zero-order valence-electron chi connectivity index (χ0n) is 32.6. The highest BCUT2D eigenvalue weighted by molar-refractivity contribution is 5.97. The van der Waals surface area contributed by atoms with E-state index in [2.05, 4.69) is 31.5 Å². The number of ether oxygens (including phenoxy) is 2. The van der Waals surface area contributed by atoms with E-state index >= 15 is 0 Å². The summed E-state index contributed by atoms with van der Waals surface area (Å²) >= 11 is 0. The molecule has 0 spiro atoms. The SMILES string of the molecule is C[C@@H]1NC(=O)[C@H]([C@@H](C)O)NC(=O)[C@@H]2C[C@H](NC(=O)c3ccc(N4CCOCC4)cc3)CN2C(=O)[C@H](Cc2ccccc2)NC(=O)COc2ccc(cc2)CCNC1=O. The van der Waals surface area contributed by atoms with Crippen LogP contribution in [0.4, 0.5) is 5.69 Å². The van der Waals surface area contributed by atoms with Gasteiger partial charge < -0.3 is 51.0 Å². The first-order valence-corrected chi connectivity index (χ1v) is 19.6. The summed E-state index contributed by atoms with van der Waals surface area (Å²) in [6.45, 7) is 5.29. The van der Waals surface area contributed by atoms with Crippen LogP contribution >= 0.6 is 0 Å². The van der Waals surface area contributed by atoms with Crippen LogP contribution in [0.15, 0.2) is 78.9 Å². The number of hydrogen-bond donors (Lipinski definition) is 6. The fourth-order valence-corrected chi connectivity index (χ4v) is 7.24. The van der Waals surface area contributed by atoms with Crippen LogP contribution in [0.5, 0.6) is 5.75 Å². The molecule has 0 unspecified atom stereocenters. The van der Waals surface area contributed by atoms with Crippen LogP contribution in [0.2, 0.25) is 0 Å². The molecule has 0 aromatic heterocycles. The van der Waals surface area contributed by atoms with E-state index in [-0.39, 0.29) is 25.9 Å². The van der Waals surface area contributed by atoms with Crippen LogP contribution in [0.3, 0.4) is 0 Å². The predicted octanol–water partition coefficient (Wildman–Crippen LogP) is 0.0716. The van der Waals surface area contributed by atoms with Crippen molar-refractivity contribution in [1.29, 1.82) is 0 Å². The summed E-state index contributed by atoms with van der Waals surface area (Å²) in [6, 6.07) is 17.6. The van der Waals surface area contributed by atoms with Crippen LogP contribution in [-0.4, -0.2) is 128 Å². The van der Waals surface area contributed by atoms with E-state index in [0.29, 0.717) is 30.9 Å². The molecule has 2 fully saturated rings. The molecule has 2 bridgehead atoms. The number of aliphatic hydroxyl groups excluding tert-OH is 1. The highest BCUT2D eigenvalue weighted by Crippen LogP contribution is 2.23. The molecule has 3 aromatic carbocycles. The summed E-state index contributed by atoms with van der Waals surface area (Å²) in [7, 11) is 0. The quantitative estimate of drug-likeness (QED) is 0.185. The predicted molar refractivity (Wildman–Crippen MR) is 213 cm³/mol. The molecule has 6 amide bonds. The van der Waals surface area contributed by atoms with Crippen molar-refractivity contribution in [3.63, 3.8) is 0 Å². The van der Waals surface area contributed by atoms with Gasteiger partial charge in [-0.3, -0.25) is 28.8 Å². The summed E-state index contributed by atoms with van der Waals surface area (Å²) < 4.78 is 11.2. The van der Waals surface area contributed by atoms with Gasteiger partial charge in [0.25, 0.3) is 11.8 Å². The number of benzene rings is 3. The monoisotopic (exact) mass is 797 g/mol. The van der Waals surface area contributed by atoms with Crippen molar-refractivity contribution in [2.75, 3.05) is 50.9 Å². The van der Waals surface area contributed by atoms with Gasteiger partial charge in [0.2, 0.25) is 23.6 Å². The summed E-state index contributed by atoms with van der Waals surface area (Å²) in [5.74, 6) is -3.21. The second kappa shape index (κ2) is 19.4. The fraction of sp³-hybridized carbons (Fsp3) is 0.429. The van der Waals surface area contributed by atoms with Crippen molar-refractivity contribution in [3.05, 3.63) is 95.6 Å². The number of aliphatic hydroxyl groups is 1. The highest BCUT2D eigenvalue weighted by Gasteiger charge is 2.44. The minimum absolute atomic E-state index is 0.0345. The Kier molecular flexibility index (Phi) is 13.9. The molecule has 2 saturated heterocycles. The van der Waals surface area contributed by atoms with E-state index in [1.807, 2.05) is 30.3 Å². The molecule has 4 aliphatic heterocycles. The second-order valence-electron chi connectivity index (χ2n) is 14.8. The van der Waals surface area contributed by atoms with E-state index in [4.69, 9.17) is 9.47 Å². The lowest BCUT2D eigenvalue weighted by Crippen LogP contribution is -2.60. The Morgan fingerprint density at radius 1 is 0.879 bits per heavy atom. The number of amides is 6. The first-order chi connectivity index (χ1) is 27.9. The van der Waals surface area contributed by atoms with E-state index < -0.39 is 78.4 Å². The van der Waals surface area contributed by atoms with Crippen molar-refractivity contribution in [1.82, 2.24) is 31.5 Å². The Labute approximate surface area is 337 Å². The highest BCUT2D eigenvalue weighted by atomic mass is 16.5. The number of nitrogens with one attached hydrogen (secondary N) is 5. The third-order valence-electron chi connectivity index (χ3n) is 10.5. The minimum atomic E-state index is -1.49. The summed E-state index contributed by atoms with van der Waals surface area (Å²) in [6.07, 6.45) is -0.869. The molecule has 7 rings (SSSR count). The van der Waals surface area contributed by atoms with E-state index in [1.165, 1.54) is 18.7 Å². The smallest absolute Gasteiger partial charge is 0.258 e. The molecule has 4 aliphatic rings. The second-order valence-corrected chi connectivity index (χ2v) is 14.8. The molecule has 16 heteroatoms. The average Bonchev–Trinajstić information content (AvgIpc) is 3.65. The van der Waals surface area contributed by atoms with Crippen molar-refractivity contribution < 1.29 is 43.3 Å². The molecule has 16 nitrogen and oxygen atoms in total. The Hall–Kier alpha value is -6.00. The molecular formula is C42H51N7O9. The lowest BCUT2D eigenvalue weighted by atomic mass is 10.0. The van der Waals surface area contributed by atoms with Gasteiger partial charge in [-0.05, 0) is 74.2 Å². The van der Waals surface area contributed by atoms with E-state index in [0.717, 1.165) is 29.9 Å². The molecule has 6 atom stereocenters. The van der Waals surface area contributed by atoms with Gasteiger partial charge in [-0.25, -0.2) is 0 Å². The van der Waals surface area contributed by atoms with Crippen molar-refractivity contribution >= 4 is 41.1 Å². The number of fused-ring (bicyclic) bond motifs is 16. The van der Waals surface area contributed by atoms with Crippen molar-refractivity contribution in [2.24, 2.45) is 0 Å². The van der Waals surface area contributed by atoms with Crippen molar-refractivity contribution in [2.45, 2.75) is 69.4 Å². The number of carbonyl (C=O) groups is 6. The standard InChI is InChI=1S/C42H51N7O9/c1-26-38(52)43-17-16-28-8-14-33(15-9-28)58-25-36(51)46-34(22-29-6-4-3-5-7-29)42(56)49-24-31(23-35(49)40(54)47-37(27(2)50)41(55)44-26)45-39(53)30-10-12-32(13-11-30)48-18-20-57-21-19-48/h3-15,26-27,31,34-35,37,50H,16-25H2,1-2H3,(H,43,52)(H,44,55)(H,45,53)(H,46,51)(H,47,54)/t26-,27+,31-,34-,35-,37-/m0/s1. The Morgan fingerprint density at radius 2 is 1.59 bits per heavy atom. The molecule has 3 aromatic rings. The zero-order chi connectivity index (χ0) is 41.2. The van der Waals surface area contributed by atoms with Crippen LogP contribution in [-0.2, 0) is 41.6 Å². The molecule has 0 radical (unpaired) electrons. The Bertz CT molecular complexity index is 1920. The summed E-state index contributed by atoms with van der Waals surface area (Å²) in [4.78, 5) is 85.5. The number of carbonyl (C=O) groups excluding carboxylic acids is 6. The summed E-state index contributed by atoms with van der Waals surface area (Å²) in [5.41, 5.74) is 2.96. The van der Waals surface area contributed by atoms with Gasteiger partial charge >= 0.3 is 0 Å². The van der Waals surface area contributed by atoms with E-state index in [1.54, 1.807) is 48.5 Å². The normalized spacial score (nSPS) is 24.5. The van der Waals surface area contributed by atoms with Gasteiger partial charge in [-0.15, -0.1) is 0 Å². The largest absolute Gasteiger partial charge is 0.484 e. The van der Waals surface area contributed by atoms with Crippen LogP contribution < -0.4 is 36.2 Å². The van der Waals surface area contributed by atoms with Crippen molar-refractivity contribution in [3.8, 4) is 5.75 Å². The topological polar surface area (TPSA) is 208 Å². The average molecular weight is 798 g/mol. The number of nitrogens with zero attached hydrogens (tertiary/aromatic N) is 2. The summed E-state index contributed by atoms with van der Waals surface area (Å²) in [5, 5.41) is 24.3. The van der Waals surface area contributed by atoms with Crippen LogP contribution in [0, 0.1) is 0 Å². The van der Waals surface area contributed by atoms with Crippen LogP contribution in [0.25, 0.3) is 0 Å². The molecule has 0 aliphatic carbocycles. The number of rotatable bonds is 6. The number of morpholine rings is 1. The van der Waals surface area contributed by atoms with Gasteiger partial charge in [-0.1, -0.05) is 42.5 Å². The van der Waals surface area contributed by atoms with Gasteiger partial charge in [-0.2, -0.15) is 0 Å². The molecule has 6 N–H and O–H groups in total. The third-order valence-corrected chi connectivity index (χ3v) is 10.5. The molecule has 58 heavy (non-hydrogen) atoms. The van der Waals surface area contributed by atoms with Gasteiger partial charge in [0, 0.05) is 49.9 Å². The van der Waals surface area contributed by atoms with Gasteiger partial charge in [0.05, 0.1) is 19.3 Å². The maximum atomic E-state index is 14.6. The lowest BCUT2D eigenvalue weighted by Gasteiger charge is -2.30. The first kappa shape index (κ1) is 41.6. The maximum Gasteiger partial charge on any atom is 0.258 e. The molecular weight excluding hydrogens is 747 g/mol. The lowest BCUT2D eigenvalue weighted by molar-refractivity contribution is -0.143. The molecule has 308 valence electrons. The van der Waals surface area contributed by atoms with Gasteiger partial charge in [0.1, 0.15) is 29.9 Å². The van der Waals surface area contributed by atoms with E-state index in [9.17, 15) is 33.9 Å².